The van der Waals surface area contributed by atoms with Gasteiger partial charge in [0, 0.05) is 29.2 Å². The van der Waals surface area contributed by atoms with Crippen molar-refractivity contribution in [3.05, 3.63) is 107 Å². The Bertz CT molecular complexity index is 1150. The molecule has 5 heteroatoms. The molecule has 1 aromatic heterocycles. The summed E-state index contributed by atoms with van der Waals surface area (Å²) in [6.45, 7) is 10.9. The molecule has 1 unspecified atom stereocenters. The number of hydrogen-bond donors (Lipinski definition) is 1. The lowest BCUT2D eigenvalue weighted by Crippen LogP contribution is -2.25. The van der Waals surface area contributed by atoms with E-state index >= 15 is 0 Å². The van der Waals surface area contributed by atoms with Crippen LogP contribution in [0.1, 0.15) is 53.5 Å². The van der Waals surface area contributed by atoms with Crippen LogP contribution in [0.3, 0.4) is 0 Å². The molecule has 0 saturated carbocycles. The number of carbonyl (C=O) groups is 1. The number of hydrogen-bond acceptors (Lipinski definition) is 2. The Morgan fingerprint density at radius 3 is 2.59 bits per heavy atom. The van der Waals surface area contributed by atoms with E-state index in [1.54, 1.807) is 30.3 Å². The van der Waals surface area contributed by atoms with Crippen LogP contribution in [0.15, 0.2) is 102 Å². The van der Waals surface area contributed by atoms with Crippen LogP contribution in [0.4, 0.5) is 5.69 Å². The number of anilines is 1. The van der Waals surface area contributed by atoms with E-state index in [1.165, 1.54) is 11.1 Å². The average molecular weight is 476 g/mol. The first kappa shape index (κ1) is 25.5. The number of carbonyl (C=O) groups excluding carboxylic acids is 1. The fourth-order valence-electron chi connectivity index (χ4n) is 4.33. The summed E-state index contributed by atoms with van der Waals surface area (Å²) < 4.78 is 2.21. The van der Waals surface area contributed by atoms with Crippen LogP contribution in [0.5, 0.6) is 0 Å². The molecule has 1 aliphatic rings. The van der Waals surface area contributed by atoms with Gasteiger partial charge >= 0.3 is 0 Å². The maximum absolute atomic E-state index is 12.2. The molecule has 1 amide bonds. The van der Waals surface area contributed by atoms with Gasteiger partial charge in [-0.2, -0.15) is 0 Å². The van der Waals surface area contributed by atoms with Gasteiger partial charge in [-0.15, -0.1) is 0 Å². The molecule has 0 aliphatic heterocycles. The van der Waals surface area contributed by atoms with Gasteiger partial charge in [0.15, 0.2) is 0 Å². The summed E-state index contributed by atoms with van der Waals surface area (Å²) in [6, 6.07) is 7.42. The second-order valence-corrected chi connectivity index (χ2v) is 9.97. The molecule has 1 aromatic carbocycles. The maximum Gasteiger partial charge on any atom is 0.248 e. The van der Waals surface area contributed by atoms with Crippen molar-refractivity contribution in [3.63, 3.8) is 0 Å². The quantitative estimate of drug-likeness (QED) is 0.327. The van der Waals surface area contributed by atoms with Crippen molar-refractivity contribution in [2.75, 3.05) is 5.32 Å². The molecule has 0 saturated heterocycles. The van der Waals surface area contributed by atoms with E-state index in [4.69, 9.17) is 11.6 Å². The van der Waals surface area contributed by atoms with Crippen molar-refractivity contribution in [3.8, 4) is 0 Å². The Balaban J connectivity index is 1.65. The van der Waals surface area contributed by atoms with E-state index in [-0.39, 0.29) is 11.3 Å². The van der Waals surface area contributed by atoms with Crippen LogP contribution in [0.2, 0.25) is 5.02 Å². The number of benzene rings is 1. The third-order valence-electron chi connectivity index (χ3n) is 6.28. The zero-order valence-electron chi connectivity index (χ0n) is 20.7. The first-order valence-corrected chi connectivity index (χ1v) is 12.0. The minimum atomic E-state index is -0.167. The number of nitrogens with zero attached hydrogens (tertiary/aromatic N) is 2. The molecule has 1 N–H and O–H groups in total. The van der Waals surface area contributed by atoms with Gasteiger partial charge in [-0.05, 0) is 80.0 Å². The third kappa shape index (κ3) is 6.94. The van der Waals surface area contributed by atoms with Crippen LogP contribution in [-0.2, 0) is 4.79 Å². The third-order valence-corrected chi connectivity index (χ3v) is 6.53. The first-order chi connectivity index (χ1) is 16.2. The van der Waals surface area contributed by atoms with Crippen molar-refractivity contribution in [1.82, 2.24) is 9.55 Å². The van der Waals surface area contributed by atoms with Gasteiger partial charge in [0.2, 0.25) is 5.91 Å². The van der Waals surface area contributed by atoms with E-state index < -0.39 is 0 Å². The Hall–Kier alpha value is -3.11. The molecule has 0 radical (unpaired) electrons. The molecule has 4 nitrogen and oxygen atoms in total. The highest BCUT2D eigenvalue weighted by Crippen LogP contribution is 2.45. The standard InChI is InChI=1S/C29H34ClN3O/c1-21(7-6-8-22(2)19-28(34)32-25-12-10-24(30)11-13-25)9-14-26-23(3)27(15-16-29(26,4)5)33-18-17-31-20-33/h6-14,17-20,27H,15-16H2,1-5H3,(H,32,34). The van der Waals surface area contributed by atoms with Gasteiger partial charge in [0.25, 0.3) is 0 Å². The van der Waals surface area contributed by atoms with E-state index in [0.29, 0.717) is 16.8 Å². The monoisotopic (exact) mass is 475 g/mol. The van der Waals surface area contributed by atoms with E-state index in [0.717, 1.165) is 24.0 Å². The van der Waals surface area contributed by atoms with Crippen LogP contribution >= 0.6 is 11.6 Å². The highest BCUT2D eigenvalue weighted by molar-refractivity contribution is 6.30. The highest BCUT2D eigenvalue weighted by atomic mass is 35.5. The lowest BCUT2D eigenvalue weighted by atomic mass is 9.71. The van der Waals surface area contributed by atoms with E-state index in [1.807, 2.05) is 31.6 Å². The summed E-state index contributed by atoms with van der Waals surface area (Å²) in [7, 11) is 0. The molecular formula is C29H34ClN3O. The summed E-state index contributed by atoms with van der Waals surface area (Å²) in [5.74, 6) is -0.167. The molecule has 2 aromatic rings. The number of nitrogens with one attached hydrogen (secondary N) is 1. The summed E-state index contributed by atoms with van der Waals surface area (Å²) in [5.41, 5.74) is 5.67. The SMILES string of the molecule is CC(C=CC1=C(C)C(n2ccnc2)CCC1(C)C)=CC=CC(C)=CC(=O)Nc1ccc(Cl)cc1. The molecule has 0 spiro atoms. The summed E-state index contributed by atoms with van der Waals surface area (Å²) in [4.78, 5) is 16.4. The molecule has 1 heterocycles. The topological polar surface area (TPSA) is 46.9 Å². The Labute approximate surface area is 208 Å². The fourth-order valence-corrected chi connectivity index (χ4v) is 4.46. The van der Waals surface area contributed by atoms with E-state index in [9.17, 15) is 4.79 Å². The van der Waals surface area contributed by atoms with Crippen LogP contribution in [0.25, 0.3) is 0 Å². The van der Waals surface area contributed by atoms with Gasteiger partial charge in [0.05, 0.1) is 12.4 Å². The summed E-state index contributed by atoms with van der Waals surface area (Å²) in [5, 5.41) is 3.48. The number of aromatic nitrogens is 2. The zero-order chi connectivity index (χ0) is 24.7. The van der Waals surface area contributed by atoms with Crippen molar-refractivity contribution in [2.24, 2.45) is 5.41 Å². The predicted octanol–water partition coefficient (Wildman–Crippen LogP) is 7.86. The van der Waals surface area contributed by atoms with Crippen molar-refractivity contribution >= 4 is 23.2 Å². The summed E-state index contributed by atoms with van der Waals surface area (Å²) in [6.07, 6.45) is 20.1. The largest absolute Gasteiger partial charge is 0.330 e. The predicted molar refractivity (Wildman–Crippen MR) is 143 cm³/mol. The molecule has 178 valence electrons. The minimum Gasteiger partial charge on any atom is -0.330 e. The second kappa shape index (κ2) is 11.3. The molecule has 3 rings (SSSR count). The smallest absolute Gasteiger partial charge is 0.248 e. The molecule has 34 heavy (non-hydrogen) atoms. The first-order valence-electron chi connectivity index (χ1n) is 11.6. The van der Waals surface area contributed by atoms with Gasteiger partial charge < -0.3 is 9.88 Å². The lowest BCUT2D eigenvalue weighted by Gasteiger charge is -2.37. The van der Waals surface area contributed by atoms with Crippen LogP contribution in [0, 0.1) is 5.41 Å². The molecule has 0 bridgehead atoms. The van der Waals surface area contributed by atoms with Crippen molar-refractivity contribution in [1.29, 1.82) is 0 Å². The lowest BCUT2D eigenvalue weighted by molar-refractivity contribution is -0.111. The Morgan fingerprint density at radius 2 is 1.91 bits per heavy atom. The Kier molecular flexibility index (Phi) is 8.51. The normalized spacial score (nSPS) is 19.3. The molecule has 1 atom stereocenters. The molecular weight excluding hydrogens is 442 g/mol. The Morgan fingerprint density at radius 1 is 1.18 bits per heavy atom. The van der Waals surface area contributed by atoms with Gasteiger partial charge in [-0.3, -0.25) is 4.79 Å². The van der Waals surface area contributed by atoms with E-state index in [2.05, 4.69) is 67.0 Å². The van der Waals surface area contributed by atoms with Crippen molar-refractivity contribution in [2.45, 2.75) is 53.5 Å². The van der Waals surface area contributed by atoms with Crippen LogP contribution < -0.4 is 5.32 Å². The highest BCUT2D eigenvalue weighted by Gasteiger charge is 2.32. The van der Waals surface area contributed by atoms with Gasteiger partial charge in [0.1, 0.15) is 0 Å². The zero-order valence-corrected chi connectivity index (χ0v) is 21.4. The maximum atomic E-state index is 12.2. The number of allylic oxidation sites excluding steroid dienone is 9. The second-order valence-electron chi connectivity index (χ2n) is 9.53. The molecule has 0 fully saturated rings. The van der Waals surface area contributed by atoms with Gasteiger partial charge in [-0.1, -0.05) is 61.4 Å². The fraction of sp³-hybridized carbons (Fsp3) is 0.310. The summed E-state index contributed by atoms with van der Waals surface area (Å²) >= 11 is 5.88. The average Bonchev–Trinajstić information content (AvgIpc) is 3.29. The van der Waals surface area contributed by atoms with Crippen molar-refractivity contribution < 1.29 is 4.79 Å². The molecule has 1 aliphatic carbocycles. The number of rotatable bonds is 7. The van der Waals surface area contributed by atoms with Crippen LogP contribution in [-0.4, -0.2) is 15.5 Å². The number of amides is 1. The minimum absolute atomic E-state index is 0.143. The number of halogens is 1. The number of imidazole rings is 1. The van der Waals surface area contributed by atoms with Gasteiger partial charge in [-0.25, -0.2) is 4.98 Å².